The number of carbonyl (C=O) groups is 3. The molecule has 2 heterocycles. The number of amides is 2. The van der Waals surface area contributed by atoms with Crippen molar-refractivity contribution in [1.82, 2.24) is 4.98 Å². The molecule has 1 aliphatic rings. The molecule has 0 atom stereocenters. The van der Waals surface area contributed by atoms with Crippen molar-refractivity contribution in [1.29, 1.82) is 0 Å². The van der Waals surface area contributed by atoms with E-state index in [0.717, 1.165) is 4.90 Å². The summed E-state index contributed by atoms with van der Waals surface area (Å²) in [6.07, 6.45) is 2.73. The molecule has 1 aliphatic heterocycles. The number of aryl methyl sites for hydroxylation is 1. The maximum Gasteiger partial charge on any atom is 0.338 e. The molecule has 104 valence electrons. The Morgan fingerprint density at radius 3 is 2.52 bits per heavy atom. The Morgan fingerprint density at radius 1 is 1.14 bits per heavy atom. The van der Waals surface area contributed by atoms with Gasteiger partial charge in [0.05, 0.1) is 22.4 Å². The van der Waals surface area contributed by atoms with E-state index >= 15 is 0 Å². The van der Waals surface area contributed by atoms with Crippen LogP contribution in [0.3, 0.4) is 0 Å². The number of nitrogens with zero attached hydrogens (tertiary/aromatic N) is 2. The van der Waals surface area contributed by atoms with E-state index in [-0.39, 0.29) is 22.4 Å². The van der Waals surface area contributed by atoms with E-state index < -0.39 is 17.8 Å². The lowest BCUT2D eigenvalue weighted by Gasteiger charge is -2.17. The summed E-state index contributed by atoms with van der Waals surface area (Å²) >= 11 is 0. The lowest BCUT2D eigenvalue weighted by molar-refractivity contribution is 0.0697. The van der Waals surface area contributed by atoms with Crippen molar-refractivity contribution in [2.45, 2.75) is 6.92 Å². The van der Waals surface area contributed by atoms with Gasteiger partial charge in [0.25, 0.3) is 11.8 Å². The molecule has 0 spiro atoms. The first kappa shape index (κ1) is 13.0. The molecule has 6 heteroatoms. The predicted molar refractivity (Wildman–Crippen MR) is 73.5 cm³/mol. The van der Waals surface area contributed by atoms with Gasteiger partial charge in [-0.3, -0.25) is 14.6 Å². The topological polar surface area (TPSA) is 87.6 Å². The van der Waals surface area contributed by atoms with Crippen LogP contribution in [-0.4, -0.2) is 27.9 Å². The molecule has 6 nitrogen and oxygen atoms in total. The van der Waals surface area contributed by atoms with Crippen molar-refractivity contribution in [3.63, 3.8) is 0 Å². The Kier molecular flexibility index (Phi) is 2.79. The molecule has 2 aromatic rings. The monoisotopic (exact) mass is 282 g/mol. The van der Waals surface area contributed by atoms with Crippen molar-refractivity contribution < 1.29 is 19.5 Å². The van der Waals surface area contributed by atoms with Crippen molar-refractivity contribution in [2.75, 3.05) is 4.90 Å². The van der Waals surface area contributed by atoms with E-state index in [9.17, 15) is 19.5 Å². The number of rotatable bonds is 2. The second-order valence-electron chi connectivity index (χ2n) is 4.64. The van der Waals surface area contributed by atoms with Crippen LogP contribution in [0.1, 0.15) is 36.6 Å². The van der Waals surface area contributed by atoms with Crippen molar-refractivity contribution in [2.24, 2.45) is 0 Å². The molecule has 1 aromatic heterocycles. The summed E-state index contributed by atoms with van der Waals surface area (Å²) in [5.41, 5.74) is 0.913. The van der Waals surface area contributed by atoms with Gasteiger partial charge in [0.15, 0.2) is 0 Å². The largest absolute Gasteiger partial charge is 0.478 e. The van der Waals surface area contributed by atoms with E-state index in [4.69, 9.17) is 0 Å². The number of benzene rings is 1. The van der Waals surface area contributed by atoms with Gasteiger partial charge in [0.2, 0.25) is 0 Å². The van der Waals surface area contributed by atoms with Gasteiger partial charge in [0.1, 0.15) is 0 Å². The van der Waals surface area contributed by atoms with E-state index in [0.29, 0.717) is 5.56 Å². The molecule has 0 fully saturated rings. The molecular weight excluding hydrogens is 272 g/mol. The summed E-state index contributed by atoms with van der Waals surface area (Å²) in [6.45, 7) is 1.62. The van der Waals surface area contributed by atoms with Crippen LogP contribution in [0.15, 0.2) is 36.7 Å². The molecule has 2 amide bonds. The number of hydrogen-bond acceptors (Lipinski definition) is 4. The Labute approximate surface area is 119 Å². The predicted octanol–water partition coefficient (Wildman–Crippen LogP) is 1.89. The van der Waals surface area contributed by atoms with E-state index in [1.807, 2.05) is 0 Å². The lowest BCUT2D eigenvalue weighted by atomic mass is 10.1. The number of hydrogen-bond donors (Lipinski definition) is 1. The van der Waals surface area contributed by atoms with Gasteiger partial charge in [0, 0.05) is 12.4 Å². The minimum Gasteiger partial charge on any atom is -0.478 e. The average molecular weight is 282 g/mol. The van der Waals surface area contributed by atoms with Crippen LogP contribution in [0, 0.1) is 6.92 Å². The molecule has 0 bridgehead atoms. The summed E-state index contributed by atoms with van der Waals surface area (Å²) in [7, 11) is 0. The van der Waals surface area contributed by atoms with E-state index in [1.165, 1.54) is 24.5 Å². The van der Waals surface area contributed by atoms with Gasteiger partial charge >= 0.3 is 5.97 Å². The zero-order valence-electron chi connectivity index (χ0n) is 11.0. The molecular formula is C15H10N2O4. The highest BCUT2D eigenvalue weighted by atomic mass is 16.4. The Morgan fingerprint density at radius 2 is 1.86 bits per heavy atom. The Hall–Kier alpha value is -3.02. The fourth-order valence-corrected chi connectivity index (χ4v) is 2.42. The molecule has 0 unspecified atom stereocenters. The van der Waals surface area contributed by atoms with Gasteiger partial charge < -0.3 is 5.11 Å². The van der Waals surface area contributed by atoms with Gasteiger partial charge in [-0.05, 0) is 24.6 Å². The van der Waals surface area contributed by atoms with Crippen LogP contribution in [0.5, 0.6) is 0 Å². The van der Waals surface area contributed by atoms with Crippen molar-refractivity contribution >= 4 is 23.5 Å². The standard InChI is InChI=1S/C15H10N2O4/c1-8-3-2-4-11(12(8)15(20)21)17-13(18)9-5-6-16-7-10(9)14(17)19/h2-7H,1H3,(H,20,21). The van der Waals surface area contributed by atoms with Crippen molar-refractivity contribution in [3.05, 3.63) is 58.9 Å². The van der Waals surface area contributed by atoms with Crippen LogP contribution >= 0.6 is 0 Å². The number of pyridine rings is 1. The quantitative estimate of drug-likeness (QED) is 0.850. The van der Waals surface area contributed by atoms with Crippen LogP contribution in [0.4, 0.5) is 5.69 Å². The highest BCUT2D eigenvalue weighted by Crippen LogP contribution is 2.31. The number of anilines is 1. The first-order valence-corrected chi connectivity index (χ1v) is 6.18. The number of carboxylic acid groups (broad SMARTS) is 1. The van der Waals surface area contributed by atoms with Crippen LogP contribution < -0.4 is 4.90 Å². The van der Waals surface area contributed by atoms with Gasteiger partial charge in [-0.1, -0.05) is 12.1 Å². The van der Waals surface area contributed by atoms with E-state index in [1.54, 1.807) is 19.1 Å². The Balaban J connectivity index is 2.21. The third kappa shape index (κ3) is 1.80. The van der Waals surface area contributed by atoms with Crippen LogP contribution in [0.2, 0.25) is 0 Å². The summed E-state index contributed by atoms with van der Waals surface area (Å²) < 4.78 is 0. The molecule has 3 rings (SSSR count). The summed E-state index contributed by atoms with van der Waals surface area (Å²) in [6, 6.07) is 6.13. The van der Waals surface area contributed by atoms with Crippen molar-refractivity contribution in [3.8, 4) is 0 Å². The number of aromatic carboxylic acids is 1. The summed E-state index contributed by atoms with van der Waals surface area (Å²) in [4.78, 5) is 40.9. The highest BCUT2D eigenvalue weighted by molar-refractivity contribution is 6.35. The minimum absolute atomic E-state index is 0.0556. The minimum atomic E-state index is -1.18. The Bertz CT molecular complexity index is 763. The van der Waals surface area contributed by atoms with Crippen LogP contribution in [-0.2, 0) is 0 Å². The SMILES string of the molecule is Cc1cccc(N2C(=O)c3ccncc3C2=O)c1C(=O)O. The maximum atomic E-state index is 12.4. The molecule has 0 radical (unpaired) electrons. The van der Waals surface area contributed by atoms with E-state index in [2.05, 4.69) is 4.98 Å². The van der Waals surface area contributed by atoms with Gasteiger partial charge in [-0.2, -0.15) is 0 Å². The number of carboxylic acids is 1. The lowest BCUT2D eigenvalue weighted by Crippen LogP contribution is -2.31. The zero-order chi connectivity index (χ0) is 15.1. The molecule has 1 aromatic carbocycles. The fourth-order valence-electron chi connectivity index (χ4n) is 2.42. The van der Waals surface area contributed by atoms with Gasteiger partial charge in [-0.15, -0.1) is 0 Å². The van der Waals surface area contributed by atoms with Crippen LogP contribution in [0.25, 0.3) is 0 Å². The average Bonchev–Trinajstić information content (AvgIpc) is 2.71. The summed E-state index contributed by atoms with van der Waals surface area (Å²) in [5, 5.41) is 9.33. The molecule has 1 N–H and O–H groups in total. The fraction of sp³-hybridized carbons (Fsp3) is 0.0667. The highest BCUT2D eigenvalue weighted by Gasteiger charge is 2.38. The third-order valence-electron chi connectivity index (χ3n) is 3.39. The first-order chi connectivity index (χ1) is 10.0. The maximum absolute atomic E-state index is 12.4. The molecule has 0 saturated carbocycles. The smallest absolute Gasteiger partial charge is 0.338 e. The molecule has 0 saturated heterocycles. The number of fused-ring (bicyclic) bond motifs is 1. The van der Waals surface area contributed by atoms with Gasteiger partial charge in [-0.25, -0.2) is 9.69 Å². The number of carbonyl (C=O) groups excluding carboxylic acids is 2. The molecule has 0 aliphatic carbocycles. The third-order valence-corrected chi connectivity index (χ3v) is 3.39. The first-order valence-electron chi connectivity index (χ1n) is 6.18. The summed E-state index contributed by atoms with van der Waals surface area (Å²) in [5.74, 6) is -2.28. The molecule has 21 heavy (non-hydrogen) atoms. The number of imide groups is 1. The second-order valence-corrected chi connectivity index (χ2v) is 4.64. The zero-order valence-corrected chi connectivity index (χ0v) is 11.0. The number of aromatic nitrogens is 1. The normalized spacial score (nSPS) is 13.5. The second kappa shape index (κ2) is 4.52.